The molecule has 0 fully saturated rings. The van der Waals surface area contributed by atoms with Crippen molar-refractivity contribution in [2.24, 2.45) is 0 Å². The molecule has 0 bridgehead atoms. The van der Waals surface area contributed by atoms with Crippen LogP contribution < -0.4 is 5.32 Å². The van der Waals surface area contributed by atoms with Gasteiger partial charge in [0.2, 0.25) is 0 Å². The smallest absolute Gasteiger partial charge is 0.175 e. The molecule has 2 heterocycles. The Kier molecular flexibility index (Phi) is 3.51. The molecule has 110 valence electrons. The molecule has 1 aliphatic rings. The number of aromatic nitrogens is 2. The molecule has 3 rings (SSSR count). The second kappa shape index (κ2) is 5.20. The Bertz CT molecular complexity index is 770. The average molecular weight is 303 g/mol. The van der Waals surface area contributed by atoms with E-state index in [-0.39, 0.29) is 0 Å². The molecule has 5 nitrogen and oxygen atoms in total. The van der Waals surface area contributed by atoms with Crippen LogP contribution in [0.25, 0.3) is 11.3 Å². The molecular weight excluding hydrogens is 286 g/mol. The molecule has 2 aromatic rings. The first-order valence-electron chi connectivity index (χ1n) is 6.82. The zero-order chi connectivity index (χ0) is 15.0. The Labute approximate surface area is 124 Å². The van der Waals surface area contributed by atoms with E-state index >= 15 is 0 Å². The van der Waals surface area contributed by atoms with Crippen molar-refractivity contribution in [1.29, 1.82) is 0 Å². The lowest BCUT2D eigenvalue weighted by Crippen LogP contribution is -2.34. The minimum Gasteiger partial charge on any atom is -0.310 e. The van der Waals surface area contributed by atoms with Crippen molar-refractivity contribution in [2.45, 2.75) is 30.8 Å². The van der Waals surface area contributed by atoms with Crippen LogP contribution in [0, 0.1) is 0 Å². The van der Waals surface area contributed by atoms with Gasteiger partial charge >= 0.3 is 0 Å². The third-order valence-corrected chi connectivity index (χ3v) is 4.85. The topological polar surface area (TPSA) is 72.0 Å². The largest absolute Gasteiger partial charge is 0.310 e. The Morgan fingerprint density at radius 1 is 1.19 bits per heavy atom. The molecule has 21 heavy (non-hydrogen) atoms. The van der Waals surface area contributed by atoms with E-state index in [1.165, 1.54) is 6.26 Å². The molecule has 0 saturated heterocycles. The predicted octanol–water partition coefficient (Wildman–Crippen LogP) is 1.58. The van der Waals surface area contributed by atoms with Crippen LogP contribution in [0.4, 0.5) is 0 Å². The Morgan fingerprint density at radius 2 is 1.90 bits per heavy atom. The standard InChI is InChI=1S/C15H17N3O2S/c1-10-7-14-13(8-16-10)15(18-9-17-14)11-3-5-12(6-4-11)21(2,19)20/h3-6,9-10,16H,7-8H2,1-2H3. The predicted molar refractivity (Wildman–Crippen MR) is 80.6 cm³/mol. The summed E-state index contributed by atoms with van der Waals surface area (Å²) in [5.74, 6) is 0. The van der Waals surface area contributed by atoms with Crippen LogP contribution in [-0.2, 0) is 22.8 Å². The molecule has 1 atom stereocenters. The van der Waals surface area contributed by atoms with Crippen LogP contribution in [0.15, 0.2) is 35.5 Å². The van der Waals surface area contributed by atoms with E-state index in [1.807, 2.05) is 0 Å². The highest BCUT2D eigenvalue weighted by Gasteiger charge is 2.20. The van der Waals surface area contributed by atoms with Gasteiger partial charge in [-0.2, -0.15) is 0 Å². The molecule has 0 radical (unpaired) electrons. The molecule has 1 aliphatic heterocycles. The summed E-state index contributed by atoms with van der Waals surface area (Å²) < 4.78 is 23.0. The lowest BCUT2D eigenvalue weighted by molar-refractivity contribution is 0.504. The van der Waals surface area contributed by atoms with Crippen LogP contribution in [0.3, 0.4) is 0 Å². The van der Waals surface area contributed by atoms with Gasteiger partial charge in [-0.1, -0.05) is 12.1 Å². The molecule has 0 spiro atoms. The minimum absolute atomic E-state index is 0.320. The maximum atomic E-state index is 11.5. The Hall–Kier alpha value is -1.79. The van der Waals surface area contributed by atoms with Crippen molar-refractivity contribution in [3.05, 3.63) is 41.9 Å². The van der Waals surface area contributed by atoms with Gasteiger partial charge in [-0.05, 0) is 19.1 Å². The summed E-state index contributed by atoms with van der Waals surface area (Å²) in [7, 11) is -3.17. The number of nitrogens with zero attached hydrogens (tertiary/aromatic N) is 2. The molecule has 6 heteroatoms. The van der Waals surface area contributed by atoms with E-state index in [1.54, 1.807) is 30.6 Å². The second-order valence-electron chi connectivity index (χ2n) is 5.43. The maximum absolute atomic E-state index is 11.5. The van der Waals surface area contributed by atoms with E-state index in [4.69, 9.17) is 0 Å². The van der Waals surface area contributed by atoms with Gasteiger partial charge < -0.3 is 5.32 Å². The first kappa shape index (κ1) is 14.2. The van der Waals surface area contributed by atoms with Crippen LogP contribution in [0.5, 0.6) is 0 Å². The van der Waals surface area contributed by atoms with E-state index in [2.05, 4.69) is 22.2 Å². The van der Waals surface area contributed by atoms with Gasteiger partial charge in [-0.15, -0.1) is 0 Å². The number of sulfone groups is 1. The number of fused-ring (bicyclic) bond motifs is 1. The normalized spacial score (nSPS) is 18.3. The third kappa shape index (κ3) is 2.82. The van der Waals surface area contributed by atoms with Crippen molar-refractivity contribution in [3.63, 3.8) is 0 Å². The number of hydrogen-bond donors (Lipinski definition) is 1. The van der Waals surface area contributed by atoms with E-state index < -0.39 is 9.84 Å². The highest BCUT2D eigenvalue weighted by molar-refractivity contribution is 7.90. The lowest BCUT2D eigenvalue weighted by atomic mass is 9.97. The average Bonchev–Trinajstić information content (AvgIpc) is 2.45. The number of rotatable bonds is 2. The maximum Gasteiger partial charge on any atom is 0.175 e. The highest BCUT2D eigenvalue weighted by Crippen LogP contribution is 2.26. The zero-order valence-corrected chi connectivity index (χ0v) is 12.8. The highest BCUT2D eigenvalue weighted by atomic mass is 32.2. The van der Waals surface area contributed by atoms with Crippen LogP contribution in [-0.4, -0.2) is 30.7 Å². The van der Waals surface area contributed by atoms with E-state index in [9.17, 15) is 8.42 Å². The fourth-order valence-electron chi connectivity index (χ4n) is 2.56. The van der Waals surface area contributed by atoms with Gasteiger partial charge in [0, 0.05) is 36.4 Å². The number of hydrogen-bond acceptors (Lipinski definition) is 5. The van der Waals surface area contributed by atoms with Crippen molar-refractivity contribution >= 4 is 9.84 Å². The van der Waals surface area contributed by atoms with Gasteiger partial charge in [0.1, 0.15) is 6.33 Å². The van der Waals surface area contributed by atoms with Gasteiger partial charge in [0.25, 0.3) is 0 Å². The molecule has 0 amide bonds. The Balaban J connectivity index is 2.04. The van der Waals surface area contributed by atoms with Gasteiger partial charge in [-0.3, -0.25) is 0 Å². The summed E-state index contributed by atoms with van der Waals surface area (Å²) in [6, 6.07) is 7.26. The molecule has 1 aromatic carbocycles. The Morgan fingerprint density at radius 3 is 2.57 bits per heavy atom. The number of nitrogens with one attached hydrogen (secondary N) is 1. The van der Waals surface area contributed by atoms with E-state index in [0.717, 1.165) is 35.5 Å². The van der Waals surface area contributed by atoms with Gasteiger partial charge in [0.15, 0.2) is 9.84 Å². The minimum atomic E-state index is -3.17. The summed E-state index contributed by atoms with van der Waals surface area (Å²) >= 11 is 0. The van der Waals surface area contributed by atoms with Crippen LogP contribution in [0.1, 0.15) is 18.2 Å². The molecule has 1 aromatic heterocycles. The molecule has 0 aliphatic carbocycles. The summed E-state index contributed by atoms with van der Waals surface area (Å²) in [5, 5.41) is 3.41. The third-order valence-electron chi connectivity index (χ3n) is 3.72. The lowest BCUT2D eigenvalue weighted by Gasteiger charge is -2.23. The second-order valence-corrected chi connectivity index (χ2v) is 7.45. The monoisotopic (exact) mass is 303 g/mol. The molecule has 1 unspecified atom stereocenters. The van der Waals surface area contributed by atoms with Gasteiger partial charge in [0.05, 0.1) is 16.3 Å². The van der Waals surface area contributed by atoms with E-state index in [0.29, 0.717) is 10.9 Å². The molecule has 1 N–H and O–H groups in total. The molecule has 0 saturated carbocycles. The number of benzene rings is 1. The van der Waals surface area contributed by atoms with Gasteiger partial charge in [-0.25, -0.2) is 18.4 Å². The summed E-state index contributed by atoms with van der Waals surface area (Å²) in [6.45, 7) is 2.87. The van der Waals surface area contributed by atoms with Crippen molar-refractivity contribution in [3.8, 4) is 11.3 Å². The van der Waals surface area contributed by atoms with Crippen molar-refractivity contribution < 1.29 is 8.42 Å². The fraction of sp³-hybridized carbons (Fsp3) is 0.333. The fourth-order valence-corrected chi connectivity index (χ4v) is 3.19. The summed E-state index contributed by atoms with van der Waals surface area (Å²) in [5.41, 5.74) is 3.96. The SMILES string of the molecule is CC1Cc2ncnc(-c3ccc(S(C)(=O)=O)cc3)c2CN1. The quantitative estimate of drug-likeness (QED) is 0.912. The van der Waals surface area contributed by atoms with Crippen molar-refractivity contribution in [2.75, 3.05) is 6.26 Å². The van der Waals surface area contributed by atoms with Crippen LogP contribution >= 0.6 is 0 Å². The molecular formula is C15H17N3O2S. The first-order valence-corrected chi connectivity index (χ1v) is 8.71. The van der Waals surface area contributed by atoms with Crippen molar-refractivity contribution in [1.82, 2.24) is 15.3 Å². The first-order chi connectivity index (χ1) is 9.95. The zero-order valence-electron chi connectivity index (χ0n) is 12.0. The summed E-state index contributed by atoms with van der Waals surface area (Å²) in [4.78, 5) is 9.06. The summed E-state index contributed by atoms with van der Waals surface area (Å²) in [6.07, 6.45) is 3.67. The van der Waals surface area contributed by atoms with Crippen LogP contribution in [0.2, 0.25) is 0 Å².